The van der Waals surface area contributed by atoms with Gasteiger partial charge in [-0.1, -0.05) is 12.1 Å². The van der Waals surface area contributed by atoms with Crippen molar-refractivity contribution in [3.63, 3.8) is 0 Å². The Bertz CT molecular complexity index is 624. The number of hydrogen-bond donors (Lipinski definition) is 2. The van der Waals surface area contributed by atoms with E-state index in [1.807, 2.05) is 0 Å². The molecule has 0 saturated heterocycles. The molecular weight excluding hydrogens is 320 g/mol. The number of methoxy groups -OCH3 is 1. The van der Waals surface area contributed by atoms with Crippen molar-refractivity contribution < 1.29 is 29.1 Å². The molecule has 132 valence electrons. The Morgan fingerprint density at radius 3 is 2.46 bits per heavy atom. The molecule has 0 spiro atoms. The minimum absolute atomic E-state index is 0.160. The van der Waals surface area contributed by atoms with Crippen molar-refractivity contribution in [1.29, 1.82) is 0 Å². The summed E-state index contributed by atoms with van der Waals surface area (Å²) in [4.78, 5) is 33.8. The van der Waals surface area contributed by atoms with Crippen molar-refractivity contribution >= 4 is 17.7 Å². The van der Waals surface area contributed by atoms with E-state index in [-0.39, 0.29) is 11.3 Å². The van der Waals surface area contributed by atoms with Crippen LogP contribution in [0.4, 0.5) is 10.5 Å². The summed E-state index contributed by atoms with van der Waals surface area (Å²) in [6.07, 6.45) is -2.65. The average molecular weight is 340 g/mol. The zero-order valence-electron chi connectivity index (χ0n) is 13.8. The maximum Gasteiger partial charge on any atom is 0.408 e. The van der Waals surface area contributed by atoms with Crippen LogP contribution >= 0.6 is 0 Å². The predicted octanol–water partition coefficient (Wildman–Crippen LogP) is 1.69. The summed E-state index contributed by atoms with van der Waals surface area (Å²) in [6.45, 7) is 4.93. The molecule has 0 aliphatic rings. The molecule has 1 rings (SSSR count). The molecule has 0 radical (unpaired) electrons. The van der Waals surface area contributed by atoms with E-state index in [0.717, 1.165) is 13.2 Å². The van der Waals surface area contributed by atoms with Gasteiger partial charge >= 0.3 is 12.1 Å². The number of carbonyl (C=O) groups excluding carboxylic acids is 2. The zero-order chi connectivity index (χ0) is 18.5. The molecule has 0 aromatic heterocycles. The Balaban J connectivity index is 3.14. The SMILES string of the molecule is COC(=O)[C@H](O)[C@H](NC(=O)OC(C)(C)C)c1cccc([N+](=O)[O-])c1. The first kappa shape index (κ1) is 19.4. The fourth-order valence-corrected chi connectivity index (χ4v) is 1.87. The quantitative estimate of drug-likeness (QED) is 0.474. The number of nitrogens with zero attached hydrogens (tertiary/aromatic N) is 1. The van der Waals surface area contributed by atoms with E-state index in [4.69, 9.17) is 4.74 Å². The Hall–Kier alpha value is -2.68. The standard InChI is InChI=1S/C15H20N2O7/c1-15(2,3)24-14(20)16-11(12(18)13(19)23-4)9-6-5-7-10(8-9)17(21)22/h5-8,11-12,18H,1-4H3,(H,16,20)/t11-,12-/m1/s1. The molecule has 0 aliphatic carbocycles. The molecule has 1 amide bonds. The van der Waals surface area contributed by atoms with Gasteiger partial charge in [0.2, 0.25) is 0 Å². The van der Waals surface area contributed by atoms with Crippen LogP contribution in [0.3, 0.4) is 0 Å². The van der Waals surface area contributed by atoms with Crippen molar-refractivity contribution in [2.45, 2.75) is 38.5 Å². The molecule has 1 aromatic rings. The molecule has 0 saturated carbocycles. The van der Waals surface area contributed by atoms with E-state index in [2.05, 4.69) is 10.1 Å². The lowest BCUT2D eigenvalue weighted by molar-refractivity contribution is -0.384. The minimum Gasteiger partial charge on any atom is -0.467 e. The van der Waals surface area contributed by atoms with Gasteiger partial charge in [-0.3, -0.25) is 10.1 Å². The molecule has 2 atom stereocenters. The average Bonchev–Trinajstić information content (AvgIpc) is 2.49. The minimum atomic E-state index is -1.76. The van der Waals surface area contributed by atoms with Gasteiger partial charge in [-0.25, -0.2) is 9.59 Å². The third kappa shape index (κ3) is 5.51. The van der Waals surface area contributed by atoms with Crippen LogP contribution in [0.25, 0.3) is 0 Å². The van der Waals surface area contributed by atoms with Crippen LogP contribution in [0.1, 0.15) is 32.4 Å². The van der Waals surface area contributed by atoms with Crippen molar-refractivity contribution in [3.8, 4) is 0 Å². The van der Waals surface area contributed by atoms with Crippen molar-refractivity contribution in [3.05, 3.63) is 39.9 Å². The number of nitro benzene ring substituents is 1. The Labute approximate surface area is 138 Å². The van der Waals surface area contributed by atoms with Crippen molar-refractivity contribution in [1.82, 2.24) is 5.32 Å². The summed E-state index contributed by atoms with van der Waals surface area (Å²) < 4.78 is 9.54. The van der Waals surface area contributed by atoms with Gasteiger partial charge < -0.3 is 19.9 Å². The largest absolute Gasteiger partial charge is 0.467 e. The number of aliphatic hydroxyl groups excluding tert-OH is 1. The highest BCUT2D eigenvalue weighted by Gasteiger charge is 2.32. The van der Waals surface area contributed by atoms with Crippen LogP contribution in [-0.2, 0) is 14.3 Å². The monoisotopic (exact) mass is 340 g/mol. The third-order valence-electron chi connectivity index (χ3n) is 2.87. The lowest BCUT2D eigenvalue weighted by atomic mass is 10.0. The Morgan fingerprint density at radius 2 is 1.96 bits per heavy atom. The smallest absolute Gasteiger partial charge is 0.408 e. The molecule has 0 aliphatic heterocycles. The van der Waals surface area contributed by atoms with Crippen LogP contribution in [0.5, 0.6) is 0 Å². The van der Waals surface area contributed by atoms with Gasteiger partial charge in [-0.2, -0.15) is 0 Å². The molecule has 0 bridgehead atoms. The number of alkyl carbamates (subject to hydrolysis) is 1. The first-order chi connectivity index (χ1) is 11.0. The van der Waals surface area contributed by atoms with Gasteiger partial charge in [0.25, 0.3) is 5.69 Å². The first-order valence-electron chi connectivity index (χ1n) is 7.05. The summed E-state index contributed by atoms with van der Waals surface area (Å²) in [6, 6.07) is 3.93. The second-order valence-electron chi connectivity index (χ2n) is 5.94. The van der Waals surface area contributed by atoms with Crippen LogP contribution in [0, 0.1) is 10.1 Å². The lowest BCUT2D eigenvalue weighted by Crippen LogP contribution is -2.43. The summed E-state index contributed by atoms with van der Waals surface area (Å²) in [5.74, 6) is -0.998. The van der Waals surface area contributed by atoms with Crippen LogP contribution in [0.2, 0.25) is 0 Å². The molecule has 0 unspecified atom stereocenters. The number of benzene rings is 1. The van der Waals surface area contributed by atoms with Crippen molar-refractivity contribution in [2.24, 2.45) is 0 Å². The molecule has 0 heterocycles. The summed E-state index contributed by atoms with van der Waals surface area (Å²) in [5.41, 5.74) is -0.887. The summed E-state index contributed by atoms with van der Waals surface area (Å²) in [5, 5.41) is 23.3. The normalized spacial score (nSPS) is 13.5. The highest BCUT2D eigenvalue weighted by Crippen LogP contribution is 2.23. The number of nitrogens with one attached hydrogen (secondary N) is 1. The number of esters is 1. The topological polar surface area (TPSA) is 128 Å². The molecular formula is C15H20N2O7. The van der Waals surface area contributed by atoms with Gasteiger partial charge in [0.15, 0.2) is 6.10 Å². The Morgan fingerprint density at radius 1 is 1.33 bits per heavy atom. The number of hydrogen-bond acceptors (Lipinski definition) is 7. The second-order valence-corrected chi connectivity index (χ2v) is 5.94. The fraction of sp³-hybridized carbons (Fsp3) is 0.467. The molecule has 24 heavy (non-hydrogen) atoms. The number of non-ortho nitro benzene ring substituents is 1. The van der Waals surface area contributed by atoms with E-state index in [1.54, 1.807) is 20.8 Å². The van der Waals surface area contributed by atoms with Gasteiger partial charge in [-0.05, 0) is 26.3 Å². The predicted molar refractivity (Wildman–Crippen MR) is 83.2 cm³/mol. The van der Waals surface area contributed by atoms with E-state index >= 15 is 0 Å². The molecule has 9 heteroatoms. The molecule has 9 nitrogen and oxygen atoms in total. The third-order valence-corrected chi connectivity index (χ3v) is 2.87. The molecule has 2 N–H and O–H groups in total. The number of ether oxygens (including phenoxy) is 2. The number of amides is 1. The highest BCUT2D eigenvalue weighted by molar-refractivity contribution is 5.77. The van der Waals surface area contributed by atoms with Gasteiger partial charge in [-0.15, -0.1) is 0 Å². The van der Waals surface area contributed by atoms with E-state index < -0.39 is 34.7 Å². The zero-order valence-corrected chi connectivity index (χ0v) is 13.8. The fourth-order valence-electron chi connectivity index (χ4n) is 1.87. The van der Waals surface area contributed by atoms with Gasteiger partial charge in [0.1, 0.15) is 5.60 Å². The van der Waals surface area contributed by atoms with Crippen LogP contribution in [-0.4, -0.2) is 40.9 Å². The molecule has 1 aromatic carbocycles. The first-order valence-corrected chi connectivity index (χ1v) is 7.05. The van der Waals surface area contributed by atoms with E-state index in [0.29, 0.717) is 0 Å². The second kappa shape index (κ2) is 7.73. The van der Waals surface area contributed by atoms with Crippen LogP contribution < -0.4 is 5.32 Å². The maximum absolute atomic E-state index is 11.9. The Kier molecular flexibility index (Phi) is 6.24. The number of rotatable bonds is 5. The molecule has 0 fully saturated rings. The highest BCUT2D eigenvalue weighted by atomic mass is 16.6. The van der Waals surface area contributed by atoms with E-state index in [1.165, 1.54) is 18.2 Å². The number of nitro groups is 1. The number of carbonyl (C=O) groups is 2. The number of aliphatic hydroxyl groups is 1. The summed E-state index contributed by atoms with van der Waals surface area (Å²) in [7, 11) is 1.07. The van der Waals surface area contributed by atoms with Gasteiger partial charge in [0, 0.05) is 12.1 Å². The van der Waals surface area contributed by atoms with E-state index in [9.17, 15) is 24.8 Å². The maximum atomic E-state index is 11.9. The lowest BCUT2D eigenvalue weighted by Gasteiger charge is -2.25. The van der Waals surface area contributed by atoms with Crippen LogP contribution in [0.15, 0.2) is 24.3 Å². The summed E-state index contributed by atoms with van der Waals surface area (Å²) >= 11 is 0. The van der Waals surface area contributed by atoms with Crippen molar-refractivity contribution in [2.75, 3.05) is 7.11 Å². The van der Waals surface area contributed by atoms with Gasteiger partial charge in [0.05, 0.1) is 18.1 Å².